The molecule has 5 heteroatoms. The number of nitrogens with zero attached hydrogens (tertiary/aromatic N) is 1. The van der Waals surface area contributed by atoms with Crippen LogP contribution >= 0.6 is 22.9 Å². The van der Waals surface area contributed by atoms with Crippen LogP contribution in [0.25, 0.3) is 10.6 Å². The first kappa shape index (κ1) is 16.4. The molecule has 0 aliphatic heterocycles. The van der Waals surface area contributed by atoms with Crippen LogP contribution in [0.15, 0.2) is 29.6 Å². The van der Waals surface area contributed by atoms with Gasteiger partial charge in [-0.05, 0) is 12.0 Å². The van der Waals surface area contributed by atoms with Crippen molar-refractivity contribution >= 4 is 22.9 Å². The van der Waals surface area contributed by atoms with Crippen LogP contribution in [0.1, 0.15) is 24.6 Å². The average Bonchev–Trinajstić information content (AvgIpc) is 3.00. The van der Waals surface area contributed by atoms with Crippen LogP contribution in [-0.4, -0.2) is 24.8 Å². The van der Waals surface area contributed by atoms with Crippen LogP contribution in [0, 0.1) is 0 Å². The van der Waals surface area contributed by atoms with Gasteiger partial charge in [-0.3, -0.25) is 0 Å². The van der Waals surface area contributed by atoms with Crippen molar-refractivity contribution in [1.29, 1.82) is 0 Å². The number of thiazole rings is 1. The molecule has 0 amide bonds. The van der Waals surface area contributed by atoms with E-state index in [0.717, 1.165) is 34.9 Å². The molecule has 0 saturated heterocycles. The number of rotatable bonds is 9. The lowest BCUT2D eigenvalue weighted by atomic mass is 10.1. The molecule has 21 heavy (non-hydrogen) atoms. The number of hydrogen-bond acceptors (Lipinski definition) is 4. The van der Waals surface area contributed by atoms with Crippen molar-refractivity contribution in [3.05, 3.63) is 40.9 Å². The van der Waals surface area contributed by atoms with E-state index in [1.807, 2.05) is 17.5 Å². The molecule has 0 N–H and O–H groups in total. The minimum atomic E-state index is 0.448. The minimum absolute atomic E-state index is 0.448. The predicted octanol–water partition coefficient (Wildman–Crippen LogP) is 4.49. The van der Waals surface area contributed by atoms with E-state index in [1.54, 1.807) is 11.3 Å². The fourth-order valence-electron chi connectivity index (χ4n) is 1.89. The van der Waals surface area contributed by atoms with Gasteiger partial charge in [-0.25, -0.2) is 4.98 Å². The van der Waals surface area contributed by atoms with E-state index in [1.165, 1.54) is 0 Å². The van der Waals surface area contributed by atoms with Gasteiger partial charge in [0.15, 0.2) is 0 Å². The molecule has 0 atom stereocenters. The Morgan fingerprint density at radius 2 is 1.95 bits per heavy atom. The van der Waals surface area contributed by atoms with Gasteiger partial charge in [-0.2, -0.15) is 0 Å². The average molecular weight is 326 g/mol. The van der Waals surface area contributed by atoms with Gasteiger partial charge in [0.25, 0.3) is 0 Å². The molecule has 0 radical (unpaired) electrons. The largest absolute Gasteiger partial charge is 0.379 e. The summed E-state index contributed by atoms with van der Waals surface area (Å²) in [6, 6.07) is 8.18. The molecule has 2 rings (SSSR count). The first-order chi connectivity index (χ1) is 10.3. The summed E-state index contributed by atoms with van der Waals surface area (Å²) in [6.45, 7) is 4.71. The molecular weight excluding hydrogens is 306 g/mol. The van der Waals surface area contributed by atoms with E-state index in [0.29, 0.717) is 25.7 Å². The van der Waals surface area contributed by atoms with Crippen molar-refractivity contribution in [3.8, 4) is 10.6 Å². The highest BCUT2D eigenvalue weighted by Gasteiger charge is 2.09. The van der Waals surface area contributed by atoms with Gasteiger partial charge >= 0.3 is 0 Å². The maximum atomic E-state index is 5.82. The third-order valence-electron chi connectivity index (χ3n) is 2.91. The van der Waals surface area contributed by atoms with Gasteiger partial charge in [-0.15, -0.1) is 22.9 Å². The minimum Gasteiger partial charge on any atom is -0.379 e. The summed E-state index contributed by atoms with van der Waals surface area (Å²) in [5.74, 6) is 0.448. The molecule has 114 valence electrons. The molecule has 0 fully saturated rings. The summed E-state index contributed by atoms with van der Waals surface area (Å²) in [5, 5.41) is 2.99. The van der Waals surface area contributed by atoms with Crippen LogP contribution in [0.2, 0.25) is 0 Å². The van der Waals surface area contributed by atoms with Crippen molar-refractivity contribution in [2.45, 2.75) is 25.8 Å². The number of halogens is 1. The first-order valence-electron chi connectivity index (χ1n) is 7.09. The molecule has 0 bridgehead atoms. The monoisotopic (exact) mass is 325 g/mol. The maximum Gasteiger partial charge on any atom is 0.124 e. The Labute approximate surface area is 134 Å². The van der Waals surface area contributed by atoms with Gasteiger partial charge in [0.05, 0.1) is 31.4 Å². The number of benzene rings is 1. The van der Waals surface area contributed by atoms with E-state index in [4.69, 9.17) is 21.1 Å². The lowest BCUT2D eigenvalue weighted by molar-refractivity contribution is 0.0410. The summed E-state index contributed by atoms with van der Waals surface area (Å²) in [6.07, 6.45) is 1.04. The van der Waals surface area contributed by atoms with Crippen LogP contribution in [0.4, 0.5) is 0 Å². The molecular formula is C16H20ClNO2S. The Bertz CT molecular complexity index is 545. The zero-order valence-electron chi connectivity index (χ0n) is 12.2. The molecule has 0 unspecified atom stereocenters. The molecule has 0 spiro atoms. The molecule has 2 aromatic rings. The number of hydrogen-bond donors (Lipinski definition) is 0. The van der Waals surface area contributed by atoms with Crippen LogP contribution in [0.5, 0.6) is 0 Å². The topological polar surface area (TPSA) is 31.4 Å². The van der Waals surface area contributed by atoms with E-state index >= 15 is 0 Å². The summed E-state index contributed by atoms with van der Waals surface area (Å²) in [7, 11) is 0. The second-order valence-electron chi connectivity index (χ2n) is 4.60. The van der Waals surface area contributed by atoms with E-state index in [2.05, 4.69) is 24.0 Å². The number of alkyl halides is 1. The quantitative estimate of drug-likeness (QED) is 0.502. The molecule has 0 aliphatic rings. The van der Waals surface area contributed by atoms with Crippen molar-refractivity contribution in [2.24, 2.45) is 0 Å². The van der Waals surface area contributed by atoms with Crippen molar-refractivity contribution in [3.63, 3.8) is 0 Å². The number of aromatic nitrogens is 1. The fraction of sp³-hybridized carbons (Fsp3) is 0.438. The lowest BCUT2D eigenvalue weighted by Crippen LogP contribution is -2.05. The predicted molar refractivity (Wildman–Crippen MR) is 87.9 cm³/mol. The maximum absolute atomic E-state index is 5.82. The van der Waals surface area contributed by atoms with E-state index in [9.17, 15) is 0 Å². The third-order valence-corrected chi connectivity index (χ3v) is 4.11. The normalized spacial score (nSPS) is 11.0. The Morgan fingerprint density at radius 1 is 1.14 bits per heavy atom. The zero-order valence-corrected chi connectivity index (χ0v) is 13.8. The van der Waals surface area contributed by atoms with Crippen LogP contribution in [-0.2, 0) is 22.0 Å². The molecule has 1 aromatic carbocycles. The molecule has 1 heterocycles. The Hall–Kier alpha value is -0.940. The highest BCUT2D eigenvalue weighted by Crippen LogP contribution is 2.28. The van der Waals surface area contributed by atoms with E-state index < -0.39 is 0 Å². The smallest absolute Gasteiger partial charge is 0.124 e. The standard InChI is InChI=1S/C16H20ClNO2S/c1-2-7-19-8-9-20-11-13-5-3-4-6-15(13)16-18-14(10-17)12-21-16/h3-6,12H,2,7-11H2,1H3. The third kappa shape index (κ3) is 5.08. The Kier molecular flexibility index (Phi) is 7.16. The van der Waals surface area contributed by atoms with Gasteiger partial charge in [-0.1, -0.05) is 31.2 Å². The van der Waals surface area contributed by atoms with Crippen molar-refractivity contribution in [2.75, 3.05) is 19.8 Å². The van der Waals surface area contributed by atoms with Gasteiger partial charge in [0, 0.05) is 17.6 Å². The second-order valence-corrected chi connectivity index (χ2v) is 5.73. The molecule has 1 aromatic heterocycles. The zero-order chi connectivity index (χ0) is 14.9. The van der Waals surface area contributed by atoms with E-state index in [-0.39, 0.29) is 0 Å². The summed E-state index contributed by atoms with van der Waals surface area (Å²) >= 11 is 7.43. The molecule has 0 aliphatic carbocycles. The summed E-state index contributed by atoms with van der Waals surface area (Å²) < 4.78 is 11.1. The van der Waals surface area contributed by atoms with Crippen LogP contribution < -0.4 is 0 Å². The van der Waals surface area contributed by atoms with Crippen LogP contribution in [0.3, 0.4) is 0 Å². The molecule has 0 saturated carbocycles. The summed E-state index contributed by atoms with van der Waals surface area (Å²) in [4.78, 5) is 4.53. The fourth-order valence-corrected chi connectivity index (χ4v) is 3.00. The first-order valence-corrected chi connectivity index (χ1v) is 8.50. The summed E-state index contributed by atoms with van der Waals surface area (Å²) in [5.41, 5.74) is 3.18. The number of ether oxygens (including phenoxy) is 2. The van der Waals surface area contributed by atoms with Crippen molar-refractivity contribution < 1.29 is 9.47 Å². The SMILES string of the molecule is CCCOCCOCc1ccccc1-c1nc(CCl)cs1. The van der Waals surface area contributed by atoms with Gasteiger partial charge < -0.3 is 9.47 Å². The van der Waals surface area contributed by atoms with Gasteiger partial charge in [0.2, 0.25) is 0 Å². The van der Waals surface area contributed by atoms with Gasteiger partial charge in [0.1, 0.15) is 5.01 Å². The van der Waals surface area contributed by atoms with Crippen molar-refractivity contribution in [1.82, 2.24) is 4.98 Å². The Morgan fingerprint density at radius 3 is 2.71 bits per heavy atom. The Balaban J connectivity index is 1.94. The lowest BCUT2D eigenvalue weighted by Gasteiger charge is -2.08. The highest BCUT2D eigenvalue weighted by atomic mass is 35.5. The second kappa shape index (κ2) is 9.15. The highest BCUT2D eigenvalue weighted by molar-refractivity contribution is 7.13. The molecule has 3 nitrogen and oxygen atoms in total.